The summed E-state index contributed by atoms with van der Waals surface area (Å²) in [6, 6.07) is 2.94. The molecule has 1 aliphatic carbocycles. The molecule has 2 nitrogen and oxygen atoms in total. The van der Waals surface area contributed by atoms with E-state index in [4.69, 9.17) is 58.0 Å². The van der Waals surface area contributed by atoms with Crippen molar-refractivity contribution in [3.05, 3.63) is 55.0 Å². The Morgan fingerprint density at radius 2 is 1.63 bits per heavy atom. The van der Waals surface area contributed by atoms with Gasteiger partial charge in [0.15, 0.2) is 0 Å². The predicted octanol–water partition coefficient (Wildman–Crippen LogP) is 4.45. The molecule has 0 bridgehead atoms. The molecule has 0 aromatic heterocycles. The lowest BCUT2D eigenvalue weighted by Crippen LogP contribution is -2.40. The summed E-state index contributed by atoms with van der Waals surface area (Å²) in [7, 11) is 0. The number of hydrogen-bond donors (Lipinski definition) is 2. The summed E-state index contributed by atoms with van der Waals surface area (Å²) in [5.41, 5.74) is -1.63. The van der Waals surface area contributed by atoms with Gasteiger partial charge in [0, 0.05) is 5.56 Å². The summed E-state index contributed by atoms with van der Waals surface area (Å²) in [6.45, 7) is 0. The van der Waals surface area contributed by atoms with Gasteiger partial charge in [-0.2, -0.15) is 0 Å². The van der Waals surface area contributed by atoms with Crippen LogP contribution in [-0.4, -0.2) is 16.3 Å². The van der Waals surface area contributed by atoms with Crippen LogP contribution in [0.3, 0.4) is 0 Å². The minimum absolute atomic E-state index is 0.0443. The Balaban J connectivity index is 2.60. The number of aliphatic hydroxyl groups is 2. The van der Waals surface area contributed by atoms with E-state index in [1.165, 1.54) is 24.3 Å². The van der Waals surface area contributed by atoms with Gasteiger partial charge in [-0.1, -0.05) is 64.1 Å². The lowest BCUT2D eigenvalue weighted by atomic mass is 9.85. The van der Waals surface area contributed by atoms with Gasteiger partial charge in [-0.05, 0) is 18.2 Å². The smallest absolute Gasteiger partial charge is 0.140 e. The first-order valence-electron chi connectivity index (χ1n) is 5.08. The molecule has 0 spiro atoms. The molecule has 0 amide bonds. The lowest BCUT2D eigenvalue weighted by Gasteiger charge is -2.34. The van der Waals surface area contributed by atoms with Crippen LogP contribution in [0.25, 0.3) is 0 Å². The molecular weight excluding hydrogens is 353 g/mol. The molecule has 7 heteroatoms. The Morgan fingerprint density at radius 1 is 1.00 bits per heavy atom. The van der Waals surface area contributed by atoms with Crippen LogP contribution >= 0.6 is 58.0 Å². The maximum absolute atomic E-state index is 10.6. The molecular formula is C12H7Cl5O2. The molecule has 1 aromatic rings. The molecule has 2 rings (SSSR count). The third kappa shape index (κ3) is 2.52. The van der Waals surface area contributed by atoms with Crippen LogP contribution in [0.2, 0.25) is 15.1 Å². The van der Waals surface area contributed by atoms with Crippen molar-refractivity contribution >= 4 is 58.0 Å². The highest BCUT2D eigenvalue weighted by Gasteiger charge is 2.42. The van der Waals surface area contributed by atoms with Crippen LogP contribution in [0.1, 0.15) is 5.56 Å². The molecule has 0 radical (unpaired) electrons. The van der Waals surface area contributed by atoms with Gasteiger partial charge in [-0.15, -0.1) is 0 Å². The average Bonchev–Trinajstić information content (AvgIpc) is 2.38. The first-order chi connectivity index (χ1) is 8.79. The van der Waals surface area contributed by atoms with Gasteiger partial charge in [-0.3, -0.25) is 0 Å². The Hall–Kier alpha value is 0.0700. The topological polar surface area (TPSA) is 40.5 Å². The molecule has 0 heterocycles. The summed E-state index contributed by atoms with van der Waals surface area (Å²) in [5.74, 6) is 0. The second-order valence-corrected chi connectivity index (χ2v) is 5.96. The molecule has 0 aliphatic heterocycles. The first-order valence-corrected chi connectivity index (χ1v) is 6.97. The van der Waals surface area contributed by atoms with Crippen LogP contribution in [0, 0.1) is 0 Å². The molecule has 2 atom stereocenters. The largest absolute Gasteiger partial charge is 0.384 e. The van der Waals surface area contributed by atoms with E-state index in [9.17, 15) is 10.2 Å². The zero-order valence-electron chi connectivity index (χ0n) is 9.17. The Kier molecular flexibility index (Phi) is 4.44. The van der Waals surface area contributed by atoms with Crippen molar-refractivity contribution in [3.63, 3.8) is 0 Å². The summed E-state index contributed by atoms with van der Waals surface area (Å²) in [5, 5.41) is 21.1. The zero-order valence-corrected chi connectivity index (χ0v) is 13.0. The van der Waals surface area contributed by atoms with Gasteiger partial charge >= 0.3 is 0 Å². The Labute approximate surface area is 134 Å². The second-order valence-electron chi connectivity index (χ2n) is 3.98. The van der Waals surface area contributed by atoms with Crippen LogP contribution < -0.4 is 0 Å². The molecule has 2 unspecified atom stereocenters. The van der Waals surface area contributed by atoms with Gasteiger partial charge in [0.25, 0.3) is 0 Å². The van der Waals surface area contributed by atoms with Crippen molar-refractivity contribution in [2.75, 3.05) is 0 Å². The fraction of sp³-hybridized carbons (Fsp3) is 0.167. The monoisotopic (exact) mass is 358 g/mol. The summed E-state index contributed by atoms with van der Waals surface area (Å²) in [6.07, 6.45) is 1.24. The third-order valence-corrected chi connectivity index (χ3v) is 4.97. The highest BCUT2D eigenvalue weighted by molar-refractivity contribution is 6.48. The highest BCUT2D eigenvalue weighted by Crippen LogP contribution is 2.44. The van der Waals surface area contributed by atoms with E-state index in [0.29, 0.717) is 0 Å². The van der Waals surface area contributed by atoms with Crippen molar-refractivity contribution < 1.29 is 10.2 Å². The van der Waals surface area contributed by atoms with Gasteiger partial charge < -0.3 is 10.2 Å². The molecule has 1 aliphatic rings. The standard InChI is InChI=1S/C12H7Cl5O2/c13-6-2-1-5(8(15)9(6)16)12(19)4-3-7(14)10(17)11(12)18/h1-4,11,18-19H. The number of benzene rings is 1. The number of rotatable bonds is 1. The molecule has 102 valence electrons. The summed E-state index contributed by atoms with van der Waals surface area (Å²) < 4.78 is 0. The average molecular weight is 360 g/mol. The number of halogens is 5. The highest BCUT2D eigenvalue weighted by atomic mass is 35.5. The van der Waals surface area contributed by atoms with Crippen LogP contribution in [0.5, 0.6) is 0 Å². The van der Waals surface area contributed by atoms with E-state index in [-0.39, 0.29) is 30.7 Å². The number of hydrogen-bond acceptors (Lipinski definition) is 2. The maximum Gasteiger partial charge on any atom is 0.140 e. The van der Waals surface area contributed by atoms with Gasteiger partial charge in [0.2, 0.25) is 0 Å². The second kappa shape index (κ2) is 5.45. The molecule has 0 saturated carbocycles. The van der Waals surface area contributed by atoms with E-state index >= 15 is 0 Å². The fourth-order valence-corrected chi connectivity index (χ4v) is 2.85. The maximum atomic E-state index is 10.6. The van der Waals surface area contributed by atoms with Crippen LogP contribution in [0.15, 0.2) is 34.3 Å². The van der Waals surface area contributed by atoms with Crippen molar-refractivity contribution in [2.24, 2.45) is 0 Å². The van der Waals surface area contributed by atoms with Crippen molar-refractivity contribution in [3.8, 4) is 0 Å². The Morgan fingerprint density at radius 3 is 2.26 bits per heavy atom. The summed E-state index contributed by atoms with van der Waals surface area (Å²) >= 11 is 29.4. The predicted molar refractivity (Wildman–Crippen MR) is 79.2 cm³/mol. The zero-order chi connectivity index (χ0) is 14.4. The van der Waals surface area contributed by atoms with Gasteiger partial charge in [0.05, 0.1) is 25.1 Å². The number of aliphatic hydroxyl groups excluding tert-OH is 1. The van der Waals surface area contributed by atoms with E-state index in [1.807, 2.05) is 0 Å². The Bertz CT molecular complexity index is 596. The first kappa shape index (κ1) is 15.5. The fourth-order valence-electron chi connectivity index (χ4n) is 1.77. The van der Waals surface area contributed by atoms with E-state index in [2.05, 4.69) is 0 Å². The van der Waals surface area contributed by atoms with E-state index in [0.717, 1.165) is 0 Å². The number of allylic oxidation sites excluding steroid dienone is 2. The SMILES string of the molecule is OC1C(Cl)=C(Cl)C=CC1(O)c1ccc(Cl)c(Cl)c1Cl. The molecule has 1 aromatic carbocycles. The van der Waals surface area contributed by atoms with E-state index in [1.54, 1.807) is 0 Å². The minimum Gasteiger partial charge on any atom is -0.384 e. The van der Waals surface area contributed by atoms with Gasteiger partial charge in [0.1, 0.15) is 11.7 Å². The molecule has 19 heavy (non-hydrogen) atoms. The van der Waals surface area contributed by atoms with Crippen LogP contribution in [0.4, 0.5) is 0 Å². The van der Waals surface area contributed by atoms with Crippen molar-refractivity contribution in [1.29, 1.82) is 0 Å². The quantitative estimate of drug-likeness (QED) is 0.726. The van der Waals surface area contributed by atoms with Crippen molar-refractivity contribution in [1.82, 2.24) is 0 Å². The third-order valence-electron chi connectivity index (χ3n) is 2.84. The van der Waals surface area contributed by atoms with E-state index < -0.39 is 11.7 Å². The molecule has 0 fully saturated rings. The van der Waals surface area contributed by atoms with Crippen LogP contribution in [-0.2, 0) is 5.60 Å². The lowest BCUT2D eigenvalue weighted by molar-refractivity contribution is -0.0220. The van der Waals surface area contributed by atoms with Crippen molar-refractivity contribution in [2.45, 2.75) is 11.7 Å². The molecule has 2 N–H and O–H groups in total. The summed E-state index contributed by atoms with van der Waals surface area (Å²) in [4.78, 5) is 0. The minimum atomic E-state index is -1.82. The van der Waals surface area contributed by atoms with Gasteiger partial charge in [-0.25, -0.2) is 0 Å². The normalized spacial score (nSPS) is 27.0. The molecule has 0 saturated heterocycles.